The third-order valence-corrected chi connectivity index (χ3v) is 3.41. The van der Waals surface area contributed by atoms with Gasteiger partial charge >= 0.3 is 5.97 Å². The summed E-state index contributed by atoms with van der Waals surface area (Å²) in [7, 11) is 3.09. The van der Waals surface area contributed by atoms with Gasteiger partial charge < -0.3 is 24.1 Å². The first-order valence-corrected chi connectivity index (χ1v) is 6.96. The molecule has 1 aromatic carbocycles. The fourth-order valence-electron chi connectivity index (χ4n) is 2.19. The normalized spacial score (nSPS) is 18.1. The lowest BCUT2D eigenvalue weighted by Gasteiger charge is -2.25. The summed E-state index contributed by atoms with van der Waals surface area (Å²) in [6.45, 7) is 0.293. The van der Waals surface area contributed by atoms with Crippen LogP contribution in [0.4, 0.5) is 0 Å². The lowest BCUT2D eigenvalue weighted by molar-refractivity contribution is -0.151. The quantitative estimate of drug-likeness (QED) is 0.768. The third kappa shape index (κ3) is 3.99. The van der Waals surface area contributed by atoms with Gasteiger partial charge in [-0.25, -0.2) is 4.79 Å². The zero-order chi connectivity index (χ0) is 15.9. The molecule has 0 bridgehead atoms. The highest BCUT2D eigenvalue weighted by molar-refractivity contribution is 5.90. The van der Waals surface area contributed by atoms with Crippen LogP contribution >= 0.6 is 0 Å². The molecule has 1 aliphatic rings. The van der Waals surface area contributed by atoms with E-state index in [9.17, 15) is 4.79 Å². The van der Waals surface area contributed by atoms with Crippen molar-refractivity contribution in [2.24, 2.45) is 0 Å². The van der Waals surface area contributed by atoms with Crippen LogP contribution in [0.3, 0.4) is 0 Å². The summed E-state index contributed by atoms with van der Waals surface area (Å²) in [5.74, 6) is 0.691. The molecule has 0 radical (unpaired) electrons. The monoisotopic (exact) mass is 308 g/mol. The molecular formula is C16H20O6. The SMILES string of the molecule is COC1=C(CO)C(=O)O[C@@H](COCc2ccc(OC)cc2)C1. The molecule has 1 atom stereocenters. The fourth-order valence-corrected chi connectivity index (χ4v) is 2.19. The first kappa shape index (κ1) is 16.3. The first-order chi connectivity index (χ1) is 10.7. The molecule has 1 heterocycles. The second kappa shape index (κ2) is 7.82. The summed E-state index contributed by atoms with van der Waals surface area (Å²) < 4.78 is 21.0. The summed E-state index contributed by atoms with van der Waals surface area (Å²) in [4.78, 5) is 11.7. The van der Waals surface area contributed by atoms with Crippen molar-refractivity contribution in [3.05, 3.63) is 41.2 Å². The average molecular weight is 308 g/mol. The number of aliphatic hydroxyl groups excluding tert-OH is 1. The Morgan fingerprint density at radius 1 is 1.23 bits per heavy atom. The highest BCUT2D eigenvalue weighted by atomic mass is 16.6. The molecule has 1 N–H and O–H groups in total. The van der Waals surface area contributed by atoms with Gasteiger partial charge in [0.15, 0.2) is 0 Å². The van der Waals surface area contributed by atoms with Gasteiger partial charge in [-0.15, -0.1) is 0 Å². The van der Waals surface area contributed by atoms with E-state index in [1.165, 1.54) is 7.11 Å². The number of methoxy groups -OCH3 is 2. The van der Waals surface area contributed by atoms with E-state index in [1.54, 1.807) is 7.11 Å². The molecule has 0 spiro atoms. The number of carbonyl (C=O) groups is 1. The van der Waals surface area contributed by atoms with Crippen LogP contribution < -0.4 is 4.74 Å². The van der Waals surface area contributed by atoms with Crippen LogP contribution in [0, 0.1) is 0 Å². The minimum atomic E-state index is -0.552. The molecule has 6 nitrogen and oxygen atoms in total. The Balaban J connectivity index is 1.84. The average Bonchev–Trinajstić information content (AvgIpc) is 2.55. The van der Waals surface area contributed by atoms with Gasteiger partial charge in [0, 0.05) is 6.42 Å². The Morgan fingerprint density at radius 3 is 2.55 bits per heavy atom. The van der Waals surface area contributed by atoms with Crippen molar-refractivity contribution in [1.82, 2.24) is 0 Å². The van der Waals surface area contributed by atoms with Crippen LogP contribution in [-0.2, 0) is 25.6 Å². The Morgan fingerprint density at radius 2 is 1.95 bits per heavy atom. The van der Waals surface area contributed by atoms with E-state index in [4.69, 9.17) is 24.1 Å². The number of ether oxygens (including phenoxy) is 4. The van der Waals surface area contributed by atoms with E-state index < -0.39 is 12.1 Å². The molecule has 0 unspecified atom stereocenters. The molecular weight excluding hydrogens is 288 g/mol. The predicted molar refractivity (Wildman–Crippen MR) is 78.3 cm³/mol. The van der Waals surface area contributed by atoms with Crippen LogP contribution in [-0.4, -0.2) is 44.6 Å². The van der Waals surface area contributed by atoms with E-state index in [1.807, 2.05) is 24.3 Å². The zero-order valence-corrected chi connectivity index (χ0v) is 12.7. The van der Waals surface area contributed by atoms with Gasteiger partial charge in [-0.05, 0) is 17.7 Å². The molecule has 6 heteroatoms. The summed E-state index contributed by atoms with van der Waals surface area (Å²) in [6.07, 6.45) is -0.00297. The topological polar surface area (TPSA) is 74.2 Å². The van der Waals surface area contributed by atoms with Crippen molar-refractivity contribution in [2.45, 2.75) is 19.1 Å². The van der Waals surface area contributed by atoms with Gasteiger partial charge in [0.1, 0.15) is 23.2 Å². The number of hydrogen-bond donors (Lipinski definition) is 1. The predicted octanol–water partition coefficient (Wildman–Crippen LogP) is 1.42. The van der Waals surface area contributed by atoms with Crippen molar-refractivity contribution in [3.63, 3.8) is 0 Å². The number of carbonyl (C=O) groups excluding carboxylic acids is 1. The van der Waals surface area contributed by atoms with Crippen molar-refractivity contribution >= 4 is 5.97 Å². The van der Waals surface area contributed by atoms with Gasteiger partial charge in [0.05, 0.1) is 34.0 Å². The van der Waals surface area contributed by atoms with Gasteiger partial charge in [0.2, 0.25) is 0 Å². The highest BCUT2D eigenvalue weighted by Gasteiger charge is 2.29. The maximum Gasteiger partial charge on any atom is 0.340 e. The number of esters is 1. The maximum absolute atomic E-state index is 11.7. The molecule has 0 aliphatic carbocycles. The highest BCUT2D eigenvalue weighted by Crippen LogP contribution is 2.22. The van der Waals surface area contributed by atoms with Crippen LogP contribution in [0.2, 0.25) is 0 Å². The van der Waals surface area contributed by atoms with Gasteiger partial charge in [-0.3, -0.25) is 0 Å². The molecule has 22 heavy (non-hydrogen) atoms. The Hall–Kier alpha value is -2.05. The molecule has 2 rings (SSSR count). The summed E-state index contributed by atoms with van der Waals surface area (Å²) in [5, 5.41) is 9.14. The van der Waals surface area contributed by atoms with Crippen LogP contribution in [0.25, 0.3) is 0 Å². The van der Waals surface area contributed by atoms with Gasteiger partial charge in [-0.1, -0.05) is 12.1 Å². The Bertz CT molecular complexity index is 534. The van der Waals surface area contributed by atoms with Crippen LogP contribution in [0.1, 0.15) is 12.0 Å². The van der Waals surface area contributed by atoms with Crippen molar-refractivity contribution in [2.75, 3.05) is 27.4 Å². The van der Waals surface area contributed by atoms with E-state index in [0.717, 1.165) is 11.3 Å². The molecule has 0 fully saturated rings. The minimum Gasteiger partial charge on any atom is -0.500 e. The molecule has 1 aromatic rings. The zero-order valence-electron chi connectivity index (χ0n) is 12.7. The van der Waals surface area contributed by atoms with Crippen LogP contribution in [0.5, 0.6) is 5.75 Å². The van der Waals surface area contributed by atoms with Crippen molar-refractivity contribution in [3.8, 4) is 5.75 Å². The smallest absolute Gasteiger partial charge is 0.340 e. The van der Waals surface area contributed by atoms with E-state index in [-0.39, 0.29) is 18.8 Å². The second-order valence-corrected chi connectivity index (χ2v) is 4.86. The fraction of sp³-hybridized carbons (Fsp3) is 0.438. The first-order valence-electron chi connectivity index (χ1n) is 6.96. The molecule has 0 amide bonds. The van der Waals surface area contributed by atoms with Crippen molar-refractivity contribution < 1.29 is 28.8 Å². The van der Waals surface area contributed by atoms with E-state index in [2.05, 4.69) is 0 Å². The maximum atomic E-state index is 11.7. The number of hydrogen-bond acceptors (Lipinski definition) is 6. The number of rotatable bonds is 7. The third-order valence-electron chi connectivity index (χ3n) is 3.41. The van der Waals surface area contributed by atoms with E-state index >= 15 is 0 Å². The van der Waals surface area contributed by atoms with Crippen molar-refractivity contribution in [1.29, 1.82) is 0 Å². The molecule has 0 saturated carbocycles. The lowest BCUT2D eigenvalue weighted by Crippen LogP contribution is -2.31. The van der Waals surface area contributed by atoms with E-state index in [0.29, 0.717) is 18.8 Å². The largest absolute Gasteiger partial charge is 0.500 e. The number of aliphatic hydroxyl groups is 1. The number of cyclic esters (lactones) is 1. The number of benzene rings is 1. The Kier molecular flexibility index (Phi) is 5.80. The van der Waals surface area contributed by atoms with Gasteiger partial charge in [0.25, 0.3) is 0 Å². The molecule has 1 aliphatic heterocycles. The molecule has 0 aromatic heterocycles. The summed E-state index contributed by atoms with van der Waals surface area (Å²) >= 11 is 0. The van der Waals surface area contributed by atoms with Crippen LogP contribution in [0.15, 0.2) is 35.6 Å². The Labute approximate surface area is 129 Å². The minimum absolute atomic E-state index is 0.175. The second-order valence-electron chi connectivity index (χ2n) is 4.86. The molecule has 120 valence electrons. The summed E-state index contributed by atoms with van der Waals surface area (Å²) in [5.41, 5.74) is 1.18. The lowest BCUT2D eigenvalue weighted by atomic mass is 10.1. The van der Waals surface area contributed by atoms with Gasteiger partial charge in [-0.2, -0.15) is 0 Å². The standard InChI is InChI=1S/C16H20O6/c1-19-12-5-3-11(4-6-12)9-21-10-13-7-15(20-2)14(8-17)16(18)22-13/h3-6,13,17H,7-10H2,1-2H3/t13-/m1/s1. The summed E-state index contributed by atoms with van der Waals surface area (Å²) in [6, 6.07) is 7.55. The molecule has 0 saturated heterocycles.